The van der Waals surface area contributed by atoms with Gasteiger partial charge in [0.2, 0.25) is 11.9 Å². The Kier molecular flexibility index (Phi) is 5.96. The Morgan fingerprint density at radius 2 is 1.85 bits per heavy atom. The van der Waals surface area contributed by atoms with Crippen LogP contribution in [0.15, 0.2) is 42.5 Å². The highest BCUT2D eigenvalue weighted by Gasteiger charge is 2.21. The standard InChI is InChI=1S/C20H19FN4O.CH4/c1-12(2)13(3)19(26)24-20-23-17-10-7-15(22-4)11-18(17)25(20)16-8-5-14(21)6-9-16;/h5-13H,1-3H3,(H,23,24,26);1H4/t13-;/m0./s1. The first-order chi connectivity index (χ1) is 12.4. The smallest absolute Gasteiger partial charge is 0.229 e. The molecule has 0 bridgehead atoms. The molecular formula is C21H23FN4O. The van der Waals surface area contributed by atoms with Crippen LogP contribution in [0.4, 0.5) is 16.0 Å². The van der Waals surface area contributed by atoms with Crippen molar-refractivity contribution in [3.05, 3.63) is 59.7 Å². The summed E-state index contributed by atoms with van der Waals surface area (Å²) >= 11 is 0. The number of nitrogens with zero attached hydrogens (tertiary/aromatic N) is 3. The van der Waals surface area contributed by atoms with Crippen LogP contribution in [0, 0.1) is 24.2 Å². The van der Waals surface area contributed by atoms with Gasteiger partial charge in [0.25, 0.3) is 0 Å². The Hall–Kier alpha value is -3.20. The van der Waals surface area contributed by atoms with Crippen LogP contribution in [-0.4, -0.2) is 15.5 Å². The van der Waals surface area contributed by atoms with E-state index in [9.17, 15) is 9.18 Å². The van der Waals surface area contributed by atoms with Gasteiger partial charge in [0, 0.05) is 11.6 Å². The SMILES string of the molecule is C.[C-]#[N+]c1ccc2nc(NC(=O)[C@@H](C)C(C)C)n(-c3ccc(F)cc3)c2c1. The highest BCUT2D eigenvalue weighted by atomic mass is 19.1. The second-order valence-corrected chi connectivity index (χ2v) is 6.55. The predicted octanol–water partition coefficient (Wildman–Crippen LogP) is 5.58. The molecule has 0 aliphatic heterocycles. The summed E-state index contributed by atoms with van der Waals surface area (Å²) in [5.41, 5.74) is 2.45. The van der Waals surface area contributed by atoms with Crippen molar-refractivity contribution in [2.24, 2.45) is 11.8 Å². The molecule has 0 aliphatic rings. The molecular weight excluding hydrogens is 343 g/mol. The van der Waals surface area contributed by atoms with Crippen molar-refractivity contribution in [1.29, 1.82) is 0 Å². The highest BCUT2D eigenvalue weighted by Crippen LogP contribution is 2.29. The number of carbonyl (C=O) groups is 1. The molecule has 0 radical (unpaired) electrons. The number of imidazole rings is 1. The van der Waals surface area contributed by atoms with Crippen LogP contribution < -0.4 is 5.32 Å². The first kappa shape index (κ1) is 20.1. The summed E-state index contributed by atoms with van der Waals surface area (Å²) < 4.78 is 15.1. The van der Waals surface area contributed by atoms with Crippen molar-refractivity contribution in [2.75, 3.05) is 5.32 Å². The van der Waals surface area contributed by atoms with Crippen molar-refractivity contribution in [2.45, 2.75) is 28.2 Å². The summed E-state index contributed by atoms with van der Waals surface area (Å²) in [4.78, 5) is 20.5. The number of halogens is 1. The van der Waals surface area contributed by atoms with Crippen molar-refractivity contribution >= 4 is 28.6 Å². The number of carbonyl (C=O) groups excluding carboxylic acids is 1. The molecule has 3 rings (SSSR count). The maximum Gasteiger partial charge on any atom is 0.229 e. The van der Waals surface area contributed by atoms with Crippen LogP contribution in [0.25, 0.3) is 21.6 Å². The molecule has 0 spiro atoms. The number of hydrogen-bond acceptors (Lipinski definition) is 2. The lowest BCUT2D eigenvalue weighted by atomic mass is 9.97. The lowest BCUT2D eigenvalue weighted by Crippen LogP contribution is -2.25. The number of fused-ring (bicyclic) bond motifs is 1. The molecule has 0 fully saturated rings. The average molecular weight is 366 g/mol. The fourth-order valence-electron chi connectivity index (χ4n) is 2.60. The summed E-state index contributed by atoms with van der Waals surface area (Å²) in [7, 11) is 0. The highest BCUT2D eigenvalue weighted by molar-refractivity contribution is 5.94. The first-order valence-corrected chi connectivity index (χ1v) is 8.37. The Balaban J connectivity index is 0.00000261. The molecule has 1 heterocycles. The van der Waals surface area contributed by atoms with Crippen LogP contribution >= 0.6 is 0 Å². The molecule has 1 aromatic heterocycles. The molecule has 2 aromatic carbocycles. The second-order valence-electron chi connectivity index (χ2n) is 6.55. The predicted molar refractivity (Wildman–Crippen MR) is 107 cm³/mol. The van der Waals surface area contributed by atoms with E-state index < -0.39 is 0 Å². The van der Waals surface area contributed by atoms with E-state index in [2.05, 4.69) is 15.1 Å². The van der Waals surface area contributed by atoms with Gasteiger partial charge in [-0.25, -0.2) is 14.2 Å². The Morgan fingerprint density at radius 1 is 1.19 bits per heavy atom. The molecule has 6 heteroatoms. The van der Waals surface area contributed by atoms with E-state index in [4.69, 9.17) is 6.57 Å². The molecule has 0 saturated heterocycles. The minimum absolute atomic E-state index is 0. The fraction of sp³-hybridized carbons (Fsp3) is 0.286. The van der Waals surface area contributed by atoms with E-state index in [-0.39, 0.29) is 31.0 Å². The molecule has 1 atom stereocenters. The molecule has 1 N–H and O–H groups in total. The normalized spacial score (nSPS) is 11.7. The molecule has 0 aliphatic carbocycles. The van der Waals surface area contributed by atoms with Gasteiger partial charge in [-0.15, -0.1) is 0 Å². The molecule has 140 valence electrons. The third-order valence-corrected chi connectivity index (χ3v) is 4.50. The Bertz CT molecular complexity index is 999. The maximum atomic E-state index is 13.3. The van der Waals surface area contributed by atoms with Gasteiger partial charge in [-0.05, 0) is 42.3 Å². The van der Waals surface area contributed by atoms with Crippen LogP contribution in [0.2, 0.25) is 0 Å². The van der Waals surface area contributed by atoms with Gasteiger partial charge in [0.05, 0.1) is 17.6 Å². The van der Waals surface area contributed by atoms with Crippen LogP contribution in [-0.2, 0) is 4.79 Å². The van der Waals surface area contributed by atoms with Crippen molar-refractivity contribution < 1.29 is 9.18 Å². The van der Waals surface area contributed by atoms with Gasteiger partial charge in [-0.2, -0.15) is 0 Å². The molecule has 27 heavy (non-hydrogen) atoms. The third-order valence-electron chi connectivity index (χ3n) is 4.50. The minimum atomic E-state index is -0.348. The fourth-order valence-corrected chi connectivity index (χ4v) is 2.60. The zero-order valence-electron chi connectivity index (χ0n) is 14.8. The van der Waals surface area contributed by atoms with E-state index in [1.54, 1.807) is 34.9 Å². The molecule has 0 unspecified atom stereocenters. The van der Waals surface area contributed by atoms with Gasteiger partial charge >= 0.3 is 0 Å². The zero-order valence-corrected chi connectivity index (χ0v) is 14.8. The van der Waals surface area contributed by atoms with Crippen molar-refractivity contribution in [1.82, 2.24) is 9.55 Å². The quantitative estimate of drug-likeness (QED) is 0.613. The number of benzene rings is 2. The van der Waals surface area contributed by atoms with Crippen LogP contribution in [0.1, 0.15) is 28.2 Å². The summed E-state index contributed by atoms with van der Waals surface area (Å²) in [6.45, 7) is 13.0. The molecule has 1 amide bonds. The van der Waals surface area contributed by atoms with Crippen molar-refractivity contribution in [3.8, 4) is 5.69 Å². The number of nitrogens with one attached hydrogen (secondary N) is 1. The number of aromatic nitrogens is 2. The van der Waals surface area contributed by atoms with E-state index in [0.717, 1.165) is 0 Å². The summed E-state index contributed by atoms with van der Waals surface area (Å²) in [5.74, 6) is -0.128. The maximum absolute atomic E-state index is 13.3. The second kappa shape index (κ2) is 8.00. The zero-order chi connectivity index (χ0) is 18.8. The molecule has 0 saturated carbocycles. The Morgan fingerprint density at radius 3 is 2.44 bits per heavy atom. The lowest BCUT2D eigenvalue weighted by molar-refractivity contribution is -0.120. The summed E-state index contributed by atoms with van der Waals surface area (Å²) in [6.07, 6.45) is 0. The van der Waals surface area contributed by atoms with Crippen LogP contribution in [0.3, 0.4) is 0 Å². The number of anilines is 1. The minimum Gasteiger partial charge on any atom is -0.295 e. The number of amides is 1. The van der Waals surface area contributed by atoms with Gasteiger partial charge in [-0.3, -0.25) is 14.7 Å². The van der Waals surface area contributed by atoms with Gasteiger partial charge in [0.1, 0.15) is 5.82 Å². The monoisotopic (exact) mass is 366 g/mol. The average Bonchev–Trinajstić information content (AvgIpc) is 2.98. The van der Waals surface area contributed by atoms with E-state index in [0.29, 0.717) is 28.4 Å². The topological polar surface area (TPSA) is 51.3 Å². The van der Waals surface area contributed by atoms with Crippen molar-refractivity contribution in [3.63, 3.8) is 0 Å². The molecule has 5 nitrogen and oxygen atoms in total. The van der Waals surface area contributed by atoms with E-state index >= 15 is 0 Å². The van der Waals surface area contributed by atoms with Crippen LogP contribution in [0.5, 0.6) is 0 Å². The lowest BCUT2D eigenvalue weighted by Gasteiger charge is -2.16. The number of hydrogen-bond donors (Lipinski definition) is 1. The van der Waals surface area contributed by atoms with Gasteiger partial charge < -0.3 is 0 Å². The third kappa shape index (κ3) is 3.98. The van der Waals surface area contributed by atoms with Gasteiger partial charge in [0.15, 0.2) is 5.69 Å². The summed E-state index contributed by atoms with van der Waals surface area (Å²) in [5, 5.41) is 2.87. The molecule has 3 aromatic rings. The van der Waals surface area contributed by atoms with Gasteiger partial charge in [-0.1, -0.05) is 34.3 Å². The first-order valence-electron chi connectivity index (χ1n) is 8.37. The Labute approximate surface area is 158 Å². The van der Waals surface area contributed by atoms with E-state index in [1.165, 1.54) is 12.1 Å². The summed E-state index contributed by atoms with van der Waals surface area (Å²) in [6, 6.07) is 11.1. The number of rotatable bonds is 4. The van der Waals surface area contributed by atoms with E-state index in [1.807, 2.05) is 20.8 Å². The largest absolute Gasteiger partial charge is 0.295 e.